The summed E-state index contributed by atoms with van der Waals surface area (Å²) in [7, 11) is 0. The zero-order valence-corrected chi connectivity index (χ0v) is 13.1. The Morgan fingerprint density at radius 3 is 2.73 bits per heavy atom. The van der Waals surface area contributed by atoms with Gasteiger partial charge < -0.3 is 16.0 Å². The fraction of sp³-hybridized carbons (Fsp3) is 0.529. The third-order valence-electron chi connectivity index (χ3n) is 4.20. The zero-order chi connectivity index (χ0) is 15.9. The summed E-state index contributed by atoms with van der Waals surface area (Å²) in [5, 5.41) is 3.15. The van der Waals surface area contributed by atoms with Gasteiger partial charge >= 0.3 is 6.03 Å². The number of rotatable bonds is 5. The molecular formula is C17H25N3O2. The molecule has 0 radical (unpaired) electrons. The Morgan fingerprint density at radius 2 is 2.09 bits per heavy atom. The molecule has 0 unspecified atom stereocenters. The molecule has 2 rings (SSSR count). The summed E-state index contributed by atoms with van der Waals surface area (Å²) in [6, 6.07) is 9.61. The molecule has 5 heteroatoms. The highest BCUT2D eigenvalue weighted by Gasteiger charge is 2.28. The molecule has 1 saturated heterocycles. The molecule has 1 fully saturated rings. The SMILES string of the molecule is CCC[C@H](NC(=O)[C@H]1CCCN(C(N)=O)C1)c1ccccc1. The van der Waals surface area contributed by atoms with Crippen molar-refractivity contribution in [3.63, 3.8) is 0 Å². The third-order valence-corrected chi connectivity index (χ3v) is 4.20. The standard InChI is InChI=1S/C17H25N3O2/c1-2-7-15(13-8-4-3-5-9-13)19-16(21)14-10-6-11-20(12-14)17(18)22/h3-5,8-9,14-15H,2,6-7,10-12H2,1H3,(H2,18,22)(H,19,21)/t14-,15-/m0/s1. The van der Waals surface area contributed by atoms with Crippen LogP contribution in [0.3, 0.4) is 0 Å². The quantitative estimate of drug-likeness (QED) is 0.876. The number of nitrogens with one attached hydrogen (secondary N) is 1. The number of piperidine rings is 1. The molecule has 1 aliphatic rings. The number of likely N-dealkylation sites (tertiary alicyclic amines) is 1. The first-order valence-corrected chi connectivity index (χ1v) is 8.01. The highest BCUT2D eigenvalue weighted by Crippen LogP contribution is 2.21. The molecule has 1 aromatic rings. The van der Waals surface area contributed by atoms with Crippen LogP contribution in [-0.2, 0) is 4.79 Å². The van der Waals surface area contributed by atoms with Gasteiger partial charge in [-0.1, -0.05) is 43.7 Å². The van der Waals surface area contributed by atoms with E-state index in [-0.39, 0.29) is 17.9 Å². The second-order valence-corrected chi connectivity index (χ2v) is 5.88. The van der Waals surface area contributed by atoms with Crippen molar-refractivity contribution >= 4 is 11.9 Å². The van der Waals surface area contributed by atoms with E-state index in [1.165, 1.54) is 0 Å². The van der Waals surface area contributed by atoms with Crippen LogP contribution in [0.25, 0.3) is 0 Å². The molecule has 22 heavy (non-hydrogen) atoms. The lowest BCUT2D eigenvalue weighted by molar-refractivity contribution is -0.127. The van der Waals surface area contributed by atoms with E-state index in [2.05, 4.69) is 12.2 Å². The van der Waals surface area contributed by atoms with Crippen LogP contribution < -0.4 is 11.1 Å². The summed E-state index contributed by atoms with van der Waals surface area (Å²) in [6.45, 7) is 3.18. The fourth-order valence-electron chi connectivity index (χ4n) is 2.98. The molecule has 0 saturated carbocycles. The van der Waals surface area contributed by atoms with Gasteiger partial charge in [0.25, 0.3) is 0 Å². The van der Waals surface area contributed by atoms with Crippen LogP contribution in [0.15, 0.2) is 30.3 Å². The van der Waals surface area contributed by atoms with Crippen molar-refractivity contribution in [1.29, 1.82) is 0 Å². The van der Waals surface area contributed by atoms with E-state index in [1.807, 2.05) is 30.3 Å². The molecule has 120 valence electrons. The van der Waals surface area contributed by atoms with E-state index in [4.69, 9.17) is 5.73 Å². The van der Waals surface area contributed by atoms with Crippen LogP contribution in [0.4, 0.5) is 4.79 Å². The Hall–Kier alpha value is -2.04. The second-order valence-electron chi connectivity index (χ2n) is 5.88. The smallest absolute Gasteiger partial charge is 0.314 e. The van der Waals surface area contributed by atoms with E-state index < -0.39 is 6.03 Å². The van der Waals surface area contributed by atoms with Crippen molar-refractivity contribution in [3.8, 4) is 0 Å². The summed E-state index contributed by atoms with van der Waals surface area (Å²) >= 11 is 0. The summed E-state index contributed by atoms with van der Waals surface area (Å²) < 4.78 is 0. The fourth-order valence-corrected chi connectivity index (χ4v) is 2.98. The predicted molar refractivity (Wildman–Crippen MR) is 86.1 cm³/mol. The third kappa shape index (κ3) is 4.23. The first-order chi connectivity index (χ1) is 10.6. The van der Waals surface area contributed by atoms with Crippen LogP contribution in [0, 0.1) is 5.92 Å². The predicted octanol–water partition coefficient (Wildman–Crippen LogP) is 2.43. The number of urea groups is 1. The number of hydrogen-bond acceptors (Lipinski definition) is 2. The minimum Gasteiger partial charge on any atom is -0.351 e. The van der Waals surface area contributed by atoms with E-state index >= 15 is 0 Å². The summed E-state index contributed by atoms with van der Waals surface area (Å²) in [5.41, 5.74) is 6.45. The molecule has 0 aromatic heterocycles. The van der Waals surface area contributed by atoms with Crippen molar-refractivity contribution in [2.75, 3.05) is 13.1 Å². The van der Waals surface area contributed by atoms with E-state index in [0.29, 0.717) is 13.1 Å². The Balaban J connectivity index is 2.00. The van der Waals surface area contributed by atoms with Gasteiger partial charge in [-0.15, -0.1) is 0 Å². The number of hydrogen-bond donors (Lipinski definition) is 2. The van der Waals surface area contributed by atoms with Gasteiger partial charge in [0.1, 0.15) is 0 Å². The summed E-state index contributed by atoms with van der Waals surface area (Å²) in [6.07, 6.45) is 3.54. The van der Waals surface area contributed by atoms with Crippen LogP contribution in [0.5, 0.6) is 0 Å². The number of amides is 3. The minimum absolute atomic E-state index is 0.0215. The average Bonchev–Trinajstić information content (AvgIpc) is 2.55. The molecule has 1 aromatic carbocycles. The zero-order valence-electron chi connectivity index (χ0n) is 13.1. The van der Waals surface area contributed by atoms with Crippen LogP contribution >= 0.6 is 0 Å². The summed E-state index contributed by atoms with van der Waals surface area (Å²) in [4.78, 5) is 25.4. The van der Waals surface area contributed by atoms with Gasteiger partial charge in [-0.2, -0.15) is 0 Å². The maximum Gasteiger partial charge on any atom is 0.314 e. The molecule has 3 amide bonds. The van der Waals surface area contributed by atoms with Crippen molar-refractivity contribution in [2.24, 2.45) is 11.7 Å². The van der Waals surface area contributed by atoms with Crippen molar-refractivity contribution < 1.29 is 9.59 Å². The maximum atomic E-state index is 12.5. The molecule has 0 aliphatic carbocycles. The number of nitrogens with zero attached hydrogens (tertiary/aromatic N) is 1. The number of carbonyl (C=O) groups is 2. The van der Waals surface area contributed by atoms with Gasteiger partial charge in [-0.25, -0.2) is 4.79 Å². The van der Waals surface area contributed by atoms with Gasteiger partial charge in [0, 0.05) is 13.1 Å². The van der Waals surface area contributed by atoms with Crippen LogP contribution in [0.1, 0.15) is 44.2 Å². The van der Waals surface area contributed by atoms with E-state index in [9.17, 15) is 9.59 Å². The largest absolute Gasteiger partial charge is 0.351 e. The number of primary amides is 1. The number of nitrogens with two attached hydrogens (primary N) is 1. The average molecular weight is 303 g/mol. The Morgan fingerprint density at radius 1 is 1.36 bits per heavy atom. The van der Waals surface area contributed by atoms with Crippen LogP contribution in [0.2, 0.25) is 0 Å². The molecule has 0 spiro atoms. The molecule has 1 aliphatic heterocycles. The van der Waals surface area contributed by atoms with E-state index in [0.717, 1.165) is 31.2 Å². The molecule has 5 nitrogen and oxygen atoms in total. The van der Waals surface area contributed by atoms with Gasteiger partial charge in [-0.3, -0.25) is 4.79 Å². The molecule has 3 N–H and O–H groups in total. The minimum atomic E-state index is -0.439. The Kier molecular flexibility index (Phi) is 5.81. The van der Waals surface area contributed by atoms with Gasteiger partial charge in [0.05, 0.1) is 12.0 Å². The lowest BCUT2D eigenvalue weighted by Gasteiger charge is -2.31. The second kappa shape index (κ2) is 7.82. The molecule has 0 bridgehead atoms. The highest BCUT2D eigenvalue weighted by molar-refractivity contribution is 5.80. The first-order valence-electron chi connectivity index (χ1n) is 8.01. The monoisotopic (exact) mass is 303 g/mol. The first kappa shape index (κ1) is 16.3. The normalized spacial score (nSPS) is 19.5. The molecular weight excluding hydrogens is 278 g/mol. The van der Waals surface area contributed by atoms with E-state index in [1.54, 1.807) is 4.90 Å². The molecule has 1 heterocycles. The van der Waals surface area contributed by atoms with Gasteiger partial charge in [-0.05, 0) is 24.8 Å². The number of carbonyl (C=O) groups excluding carboxylic acids is 2. The number of benzene rings is 1. The van der Waals surface area contributed by atoms with Crippen molar-refractivity contribution in [1.82, 2.24) is 10.2 Å². The highest BCUT2D eigenvalue weighted by atomic mass is 16.2. The molecule has 2 atom stereocenters. The van der Waals surface area contributed by atoms with Gasteiger partial charge in [0.2, 0.25) is 5.91 Å². The maximum absolute atomic E-state index is 12.5. The van der Waals surface area contributed by atoms with Gasteiger partial charge in [0.15, 0.2) is 0 Å². The summed E-state index contributed by atoms with van der Waals surface area (Å²) in [5.74, 6) is -0.141. The lowest BCUT2D eigenvalue weighted by Crippen LogP contribution is -2.47. The lowest BCUT2D eigenvalue weighted by atomic mass is 9.95. The van der Waals surface area contributed by atoms with Crippen molar-refractivity contribution in [3.05, 3.63) is 35.9 Å². The Bertz CT molecular complexity index is 504. The van der Waals surface area contributed by atoms with Crippen LogP contribution in [-0.4, -0.2) is 29.9 Å². The topological polar surface area (TPSA) is 75.4 Å². The Labute approximate surface area is 131 Å². The van der Waals surface area contributed by atoms with Crippen molar-refractivity contribution in [2.45, 2.75) is 38.6 Å².